The minimum atomic E-state index is -0.586. The molecule has 1 aliphatic carbocycles. The van der Waals surface area contributed by atoms with Crippen LogP contribution < -0.4 is 0 Å². The number of halogens is 2. The molecule has 16 heavy (non-hydrogen) atoms. The Morgan fingerprint density at radius 1 is 1.31 bits per heavy atom. The lowest BCUT2D eigenvalue weighted by Gasteiger charge is -2.19. The van der Waals surface area contributed by atoms with Crippen molar-refractivity contribution in [3.8, 4) is 0 Å². The molecule has 2 rings (SSSR count). The number of benzene rings is 1. The highest BCUT2D eigenvalue weighted by atomic mass is 79.9. The maximum atomic E-state index is 13.1. The summed E-state index contributed by atoms with van der Waals surface area (Å²) in [5, 5.41) is 10.1. The molecule has 1 aromatic carbocycles. The van der Waals surface area contributed by atoms with Gasteiger partial charge < -0.3 is 5.11 Å². The molecule has 0 heterocycles. The highest BCUT2D eigenvalue weighted by Gasteiger charge is 2.16. The van der Waals surface area contributed by atoms with Gasteiger partial charge in [0.1, 0.15) is 11.9 Å². The third-order valence-corrected chi connectivity index (χ3v) is 3.54. The lowest BCUT2D eigenvalue weighted by molar-refractivity contribution is 0.208. The average molecular weight is 285 g/mol. The molecule has 0 radical (unpaired) electrons. The van der Waals surface area contributed by atoms with Gasteiger partial charge >= 0.3 is 0 Å². The number of hydrogen-bond acceptors (Lipinski definition) is 1. The van der Waals surface area contributed by atoms with Crippen LogP contribution in [0.15, 0.2) is 34.3 Å². The van der Waals surface area contributed by atoms with Crippen molar-refractivity contribution in [1.29, 1.82) is 0 Å². The molecular weight excluding hydrogens is 271 g/mol. The zero-order valence-electron chi connectivity index (χ0n) is 8.92. The largest absolute Gasteiger partial charge is 0.384 e. The quantitative estimate of drug-likeness (QED) is 0.810. The van der Waals surface area contributed by atoms with Gasteiger partial charge in [-0.2, -0.15) is 0 Å². The van der Waals surface area contributed by atoms with E-state index in [-0.39, 0.29) is 5.82 Å². The minimum absolute atomic E-state index is 0.298. The van der Waals surface area contributed by atoms with Gasteiger partial charge in [0, 0.05) is 0 Å². The number of allylic oxidation sites excluding steroid dienone is 1. The lowest BCUT2D eigenvalue weighted by atomic mass is 9.92. The molecule has 0 saturated carbocycles. The van der Waals surface area contributed by atoms with Gasteiger partial charge in [0.25, 0.3) is 0 Å². The fourth-order valence-electron chi connectivity index (χ4n) is 2.01. The van der Waals surface area contributed by atoms with Crippen molar-refractivity contribution in [2.75, 3.05) is 0 Å². The first-order valence-corrected chi connectivity index (χ1v) is 6.30. The third-order valence-electron chi connectivity index (χ3n) is 2.94. The number of rotatable bonds is 2. The van der Waals surface area contributed by atoms with E-state index in [2.05, 4.69) is 22.0 Å². The van der Waals surface area contributed by atoms with Crippen molar-refractivity contribution in [2.45, 2.75) is 31.8 Å². The van der Waals surface area contributed by atoms with Crippen LogP contribution in [0.1, 0.15) is 37.4 Å². The lowest BCUT2D eigenvalue weighted by Crippen LogP contribution is -2.05. The Bertz CT molecular complexity index is 414. The van der Waals surface area contributed by atoms with Crippen LogP contribution in [0.25, 0.3) is 0 Å². The highest BCUT2D eigenvalue weighted by molar-refractivity contribution is 9.10. The van der Waals surface area contributed by atoms with E-state index >= 15 is 0 Å². The summed E-state index contributed by atoms with van der Waals surface area (Å²) < 4.78 is 13.5. The number of aliphatic hydroxyl groups excluding tert-OH is 1. The highest BCUT2D eigenvalue weighted by Crippen LogP contribution is 2.31. The van der Waals surface area contributed by atoms with E-state index in [0.29, 0.717) is 4.47 Å². The summed E-state index contributed by atoms with van der Waals surface area (Å²) >= 11 is 3.13. The third kappa shape index (κ3) is 2.53. The predicted molar refractivity (Wildman–Crippen MR) is 65.6 cm³/mol. The molecule has 3 heteroatoms. The molecule has 1 N–H and O–H groups in total. The fourth-order valence-corrected chi connectivity index (χ4v) is 2.40. The Balaban J connectivity index is 2.22. The van der Waals surface area contributed by atoms with Gasteiger partial charge in [0.2, 0.25) is 0 Å². The molecule has 0 fully saturated rings. The summed E-state index contributed by atoms with van der Waals surface area (Å²) in [4.78, 5) is 0. The molecular formula is C13H14BrFO. The van der Waals surface area contributed by atoms with E-state index in [9.17, 15) is 9.50 Å². The topological polar surface area (TPSA) is 20.2 Å². The van der Waals surface area contributed by atoms with E-state index in [4.69, 9.17) is 0 Å². The molecule has 0 amide bonds. The number of hydrogen-bond donors (Lipinski definition) is 1. The Hall–Kier alpha value is -0.670. The van der Waals surface area contributed by atoms with Crippen LogP contribution in [-0.2, 0) is 0 Å². The minimum Gasteiger partial charge on any atom is -0.384 e. The van der Waals surface area contributed by atoms with Crippen molar-refractivity contribution >= 4 is 15.9 Å². The monoisotopic (exact) mass is 284 g/mol. The molecule has 0 aliphatic heterocycles. The molecule has 1 aliphatic rings. The zero-order chi connectivity index (χ0) is 11.5. The van der Waals surface area contributed by atoms with Gasteiger partial charge in [0.05, 0.1) is 4.47 Å². The second-order valence-corrected chi connectivity index (χ2v) is 4.96. The predicted octanol–water partition coefficient (Wildman–Crippen LogP) is 4.12. The van der Waals surface area contributed by atoms with E-state index < -0.39 is 6.10 Å². The summed E-state index contributed by atoms with van der Waals surface area (Å²) in [7, 11) is 0. The van der Waals surface area contributed by atoms with Crippen molar-refractivity contribution < 1.29 is 9.50 Å². The van der Waals surface area contributed by atoms with Crippen molar-refractivity contribution in [1.82, 2.24) is 0 Å². The summed E-state index contributed by atoms with van der Waals surface area (Å²) in [6.07, 6.45) is 5.82. The van der Waals surface area contributed by atoms with Crippen LogP contribution in [0.4, 0.5) is 4.39 Å². The van der Waals surface area contributed by atoms with Gasteiger partial charge in [-0.1, -0.05) is 12.1 Å². The SMILES string of the molecule is OC(C1=CCCCC1)c1ccc(F)c(Br)c1. The van der Waals surface area contributed by atoms with Crippen LogP contribution in [0.2, 0.25) is 0 Å². The van der Waals surface area contributed by atoms with Crippen LogP contribution in [-0.4, -0.2) is 5.11 Å². The molecule has 0 aromatic heterocycles. The van der Waals surface area contributed by atoms with Crippen LogP contribution in [0.5, 0.6) is 0 Å². The van der Waals surface area contributed by atoms with Crippen LogP contribution in [0.3, 0.4) is 0 Å². The van der Waals surface area contributed by atoms with Gasteiger partial charge in [-0.05, 0) is 64.9 Å². The normalized spacial score (nSPS) is 18.1. The van der Waals surface area contributed by atoms with Gasteiger partial charge in [0.15, 0.2) is 0 Å². The van der Waals surface area contributed by atoms with Crippen molar-refractivity contribution in [3.05, 3.63) is 45.7 Å². The summed E-state index contributed by atoms with van der Waals surface area (Å²) in [6.45, 7) is 0. The average Bonchev–Trinajstić information content (AvgIpc) is 2.33. The smallest absolute Gasteiger partial charge is 0.137 e. The maximum Gasteiger partial charge on any atom is 0.137 e. The molecule has 1 unspecified atom stereocenters. The first kappa shape index (κ1) is 11.8. The van der Waals surface area contributed by atoms with E-state index in [0.717, 1.165) is 30.4 Å². The Labute approximate surface area is 103 Å². The molecule has 0 bridgehead atoms. The van der Waals surface area contributed by atoms with Crippen LogP contribution in [0, 0.1) is 5.82 Å². The fraction of sp³-hybridized carbons (Fsp3) is 0.385. The van der Waals surface area contributed by atoms with E-state index in [1.807, 2.05) is 0 Å². The van der Waals surface area contributed by atoms with Gasteiger partial charge in [-0.3, -0.25) is 0 Å². The summed E-state index contributed by atoms with van der Waals surface area (Å²) in [5.74, 6) is -0.298. The number of aliphatic hydroxyl groups is 1. The Morgan fingerprint density at radius 2 is 2.12 bits per heavy atom. The van der Waals surface area contributed by atoms with Crippen LogP contribution >= 0.6 is 15.9 Å². The zero-order valence-corrected chi connectivity index (χ0v) is 10.5. The van der Waals surface area contributed by atoms with Crippen molar-refractivity contribution in [2.24, 2.45) is 0 Å². The molecule has 1 atom stereocenters. The van der Waals surface area contributed by atoms with Gasteiger partial charge in [-0.25, -0.2) is 4.39 Å². The van der Waals surface area contributed by atoms with Crippen molar-refractivity contribution in [3.63, 3.8) is 0 Å². The maximum absolute atomic E-state index is 13.1. The second kappa shape index (κ2) is 5.11. The standard InChI is InChI=1S/C13H14BrFO/c14-11-8-10(6-7-12(11)15)13(16)9-4-2-1-3-5-9/h4,6-8,13,16H,1-3,5H2. The first-order chi connectivity index (χ1) is 7.68. The molecule has 1 aromatic rings. The first-order valence-electron chi connectivity index (χ1n) is 5.50. The molecule has 0 spiro atoms. The summed E-state index contributed by atoms with van der Waals surface area (Å²) in [5.41, 5.74) is 1.81. The molecule has 0 saturated heterocycles. The van der Waals surface area contributed by atoms with E-state index in [1.165, 1.54) is 12.5 Å². The Morgan fingerprint density at radius 3 is 2.75 bits per heavy atom. The molecule has 1 nitrogen and oxygen atoms in total. The van der Waals surface area contributed by atoms with Gasteiger partial charge in [-0.15, -0.1) is 0 Å². The Kier molecular flexibility index (Phi) is 3.77. The second-order valence-electron chi connectivity index (χ2n) is 4.10. The summed E-state index contributed by atoms with van der Waals surface area (Å²) in [6, 6.07) is 4.67. The molecule has 86 valence electrons. The van der Waals surface area contributed by atoms with E-state index in [1.54, 1.807) is 12.1 Å².